The highest BCUT2D eigenvalue weighted by Crippen LogP contribution is 2.43. The molecule has 1 unspecified atom stereocenters. The minimum absolute atomic E-state index is 0.0226. The number of carbonyl (C=O) groups excluding carboxylic acids is 2. The average molecular weight is 641 g/mol. The molecule has 6 nitrogen and oxygen atoms in total. The number of hydrogen-bond donors (Lipinski definition) is 0. The number of thiophene rings is 1. The van der Waals surface area contributed by atoms with Gasteiger partial charge in [0.2, 0.25) is 0 Å². The van der Waals surface area contributed by atoms with E-state index in [0.29, 0.717) is 11.3 Å². The van der Waals surface area contributed by atoms with E-state index in [-0.39, 0.29) is 52.5 Å². The van der Waals surface area contributed by atoms with E-state index in [1.807, 2.05) is 12.1 Å². The molecule has 2 aliphatic rings. The fourth-order valence-corrected chi connectivity index (χ4v) is 8.62. The Bertz CT molecular complexity index is 1030. The minimum Gasteiger partial charge on any atom is -0.465 e. The minimum atomic E-state index is -1.81. The lowest BCUT2D eigenvalue weighted by Crippen LogP contribution is -2.43. The van der Waals surface area contributed by atoms with Gasteiger partial charge in [0.25, 0.3) is 0 Å². The molecule has 0 N–H and O–H groups in total. The van der Waals surface area contributed by atoms with Gasteiger partial charge in [0.05, 0.1) is 13.2 Å². The molecule has 2 fully saturated rings. The van der Waals surface area contributed by atoms with Gasteiger partial charge in [-0.2, -0.15) is 0 Å². The lowest BCUT2D eigenvalue weighted by Gasteiger charge is -2.38. The van der Waals surface area contributed by atoms with Crippen molar-refractivity contribution in [3.63, 3.8) is 0 Å². The van der Waals surface area contributed by atoms with Crippen LogP contribution in [0.1, 0.15) is 100 Å². The van der Waals surface area contributed by atoms with Crippen molar-refractivity contribution in [3.05, 3.63) is 34.0 Å². The van der Waals surface area contributed by atoms with Crippen molar-refractivity contribution in [1.29, 1.82) is 0 Å². The van der Waals surface area contributed by atoms with Crippen LogP contribution in [0.4, 0.5) is 0 Å². The molecular formula is C33H53ClO6SSi. The molecule has 1 saturated heterocycles. The summed E-state index contributed by atoms with van der Waals surface area (Å²) in [6.07, 6.45) is 12.5. The van der Waals surface area contributed by atoms with Crippen LogP contribution in [-0.4, -0.2) is 57.7 Å². The van der Waals surface area contributed by atoms with E-state index in [2.05, 4.69) is 46.9 Å². The molecule has 1 saturated carbocycles. The van der Waals surface area contributed by atoms with E-state index in [9.17, 15) is 9.59 Å². The molecule has 9 heteroatoms. The Labute approximate surface area is 264 Å². The van der Waals surface area contributed by atoms with Crippen LogP contribution in [0.3, 0.4) is 0 Å². The number of aryl methyl sites for hydroxylation is 1. The second-order valence-corrected chi connectivity index (χ2v) is 20.0. The van der Waals surface area contributed by atoms with Crippen LogP contribution < -0.4 is 0 Å². The van der Waals surface area contributed by atoms with Crippen molar-refractivity contribution in [1.82, 2.24) is 0 Å². The SMILES string of the molecule is COC(=O)c1ccc(CCC[C@@H]2[C@@H](C=CC(=O)CCC[C@@H](C)O[Si](C)(C)C(C)(C)C)[C@H](OC3CCCCO3)C[C@H]2Cl)s1. The number of esters is 1. The van der Waals surface area contributed by atoms with Crippen molar-refractivity contribution in [2.24, 2.45) is 11.8 Å². The zero-order valence-electron chi connectivity index (χ0n) is 26.8. The smallest absolute Gasteiger partial charge is 0.348 e. The lowest BCUT2D eigenvalue weighted by molar-refractivity contribution is -0.192. The predicted molar refractivity (Wildman–Crippen MR) is 174 cm³/mol. The van der Waals surface area contributed by atoms with Crippen LogP contribution in [0.2, 0.25) is 18.1 Å². The monoisotopic (exact) mass is 640 g/mol. The van der Waals surface area contributed by atoms with Crippen molar-refractivity contribution in [2.75, 3.05) is 13.7 Å². The first-order valence-electron chi connectivity index (χ1n) is 15.8. The topological polar surface area (TPSA) is 71.1 Å². The van der Waals surface area contributed by atoms with Crippen LogP contribution >= 0.6 is 22.9 Å². The Morgan fingerprint density at radius 1 is 1.21 bits per heavy atom. The third kappa shape index (κ3) is 10.6. The fraction of sp³-hybridized carbons (Fsp3) is 0.758. The van der Waals surface area contributed by atoms with Gasteiger partial charge in [0.1, 0.15) is 4.88 Å². The molecule has 1 aromatic rings. The van der Waals surface area contributed by atoms with Crippen LogP contribution in [0.15, 0.2) is 24.3 Å². The molecule has 238 valence electrons. The van der Waals surface area contributed by atoms with Gasteiger partial charge in [0, 0.05) is 35.3 Å². The highest BCUT2D eigenvalue weighted by molar-refractivity contribution is 7.13. The molecule has 42 heavy (non-hydrogen) atoms. The molecule has 1 aliphatic carbocycles. The first kappa shape index (κ1) is 35.4. The number of ketones is 1. The Balaban J connectivity index is 1.57. The predicted octanol–water partition coefficient (Wildman–Crippen LogP) is 8.72. The first-order chi connectivity index (χ1) is 19.8. The largest absolute Gasteiger partial charge is 0.465 e. The van der Waals surface area contributed by atoms with Crippen molar-refractivity contribution in [2.45, 2.75) is 134 Å². The van der Waals surface area contributed by atoms with Crippen LogP contribution in [-0.2, 0) is 29.9 Å². The van der Waals surface area contributed by atoms with E-state index in [1.165, 1.54) is 18.4 Å². The number of rotatable bonds is 15. The molecule has 1 aromatic heterocycles. The standard InChI is InChI=1S/C33H53ClO6SSi/c1-23(40-42(6,7)33(2,3)4)12-10-13-24(35)17-19-27-26(15-11-14-25-18-20-30(41-25)32(36)37-5)28(34)22-29(27)39-31-16-8-9-21-38-31/h17-20,23,26-29,31H,8-16,21-22H2,1-7H3/t23-,26-,27-,28-,29-,31?/m1/s1. The van der Waals surface area contributed by atoms with Crippen LogP contribution in [0.5, 0.6) is 0 Å². The summed E-state index contributed by atoms with van der Waals surface area (Å²) < 4.78 is 23.7. The molecule has 3 rings (SSSR count). The first-order valence-corrected chi connectivity index (χ1v) is 19.9. The van der Waals surface area contributed by atoms with Crippen molar-refractivity contribution in [3.8, 4) is 0 Å². The molecule has 0 amide bonds. The molecule has 6 atom stereocenters. The Hall–Kier alpha value is -1.03. The summed E-state index contributed by atoms with van der Waals surface area (Å²) in [7, 11) is -0.408. The third-order valence-electron chi connectivity index (χ3n) is 9.16. The number of hydrogen-bond acceptors (Lipinski definition) is 7. The number of methoxy groups -OCH3 is 1. The summed E-state index contributed by atoms with van der Waals surface area (Å²) >= 11 is 8.43. The molecule has 0 bridgehead atoms. The second kappa shape index (κ2) is 16.3. The van der Waals surface area contributed by atoms with E-state index in [4.69, 9.17) is 30.2 Å². The van der Waals surface area contributed by atoms with Crippen molar-refractivity contribution < 1.29 is 28.2 Å². The maximum atomic E-state index is 12.9. The normalized spacial score (nSPS) is 26.0. The Morgan fingerprint density at radius 3 is 2.64 bits per heavy atom. The van der Waals surface area contributed by atoms with Crippen LogP contribution in [0, 0.1) is 11.8 Å². The summed E-state index contributed by atoms with van der Waals surface area (Å²) in [5, 5.41) is 0.153. The Kier molecular flexibility index (Phi) is 13.8. The summed E-state index contributed by atoms with van der Waals surface area (Å²) in [6.45, 7) is 14.2. The van der Waals surface area contributed by atoms with Gasteiger partial charge in [-0.1, -0.05) is 26.8 Å². The van der Waals surface area contributed by atoms with Gasteiger partial charge in [0.15, 0.2) is 20.4 Å². The summed E-state index contributed by atoms with van der Waals surface area (Å²) in [5.74, 6) is 0.132. The number of halogens is 1. The number of carbonyl (C=O) groups is 2. The second-order valence-electron chi connectivity index (χ2n) is 13.5. The summed E-state index contributed by atoms with van der Waals surface area (Å²) in [6, 6.07) is 3.83. The molecule has 0 aromatic carbocycles. The highest BCUT2D eigenvalue weighted by Gasteiger charge is 2.43. The van der Waals surface area contributed by atoms with E-state index in [0.717, 1.165) is 69.3 Å². The number of allylic oxidation sites excluding steroid dienone is 1. The van der Waals surface area contributed by atoms with E-state index >= 15 is 0 Å². The van der Waals surface area contributed by atoms with Crippen molar-refractivity contribution >= 4 is 43.0 Å². The van der Waals surface area contributed by atoms with Gasteiger partial charge in [-0.3, -0.25) is 4.79 Å². The van der Waals surface area contributed by atoms with Gasteiger partial charge >= 0.3 is 5.97 Å². The highest BCUT2D eigenvalue weighted by atomic mass is 35.5. The van der Waals surface area contributed by atoms with E-state index < -0.39 is 8.32 Å². The molecule has 2 heterocycles. The Morgan fingerprint density at radius 2 is 1.98 bits per heavy atom. The summed E-state index contributed by atoms with van der Waals surface area (Å²) in [5.41, 5.74) is 0. The van der Waals surface area contributed by atoms with E-state index in [1.54, 1.807) is 6.08 Å². The van der Waals surface area contributed by atoms with Gasteiger partial charge in [-0.25, -0.2) is 4.79 Å². The van der Waals surface area contributed by atoms with Gasteiger partial charge < -0.3 is 18.6 Å². The summed E-state index contributed by atoms with van der Waals surface area (Å²) in [4.78, 5) is 26.6. The molecular weight excluding hydrogens is 588 g/mol. The average Bonchev–Trinajstić information content (AvgIpc) is 3.51. The third-order valence-corrected chi connectivity index (χ3v) is 15.4. The molecule has 0 radical (unpaired) electrons. The molecule has 0 spiro atoms. The van der Waals surface area contributed by atoms with Gasteiger partial charge in [-0.05, 0) is 107 Å². The lowest BCUT2D eigenvalue weighted by atomic mass is 9.89. The number of ether oxygens (including phenoxy) is 3. The zero-order valence-corrected chi connectivity index (χ0v) is 29.4. The quantitative estimate of drug-likeness (QED) is 0.0826. The zero-order chi connectivity index (χ0) is 30.9. The number of alkyl halides is 1. The van der Waals surface area contributed by atoms with Gasteiger partial charge in [-0.15, -0.1) is 22.9 Å². The fourth-order valence-electron chi connectivity index (χ4n) is 5.71. The van der Waals surface area contributed by atoms with Crippen LogP contribution in [0.25, 0.3) is 0 Å². The maximum absolute atomic E-state index is 12.9. The molecule has 1 aliphatic heterocycles. The maximum Gasteiger partial charge on any atom is 0.348 e.